The quantitative estimate of drug-likeness (QED) is 0.745. The van der Waals surface area contributed by atoms with E-state index in [9.17, 15) is 9.90 Å². The van der Waals surface area contributed by atoms with Crippen molar-refractivity contribution < 1.29 is 19.7 Å². The predicted molar refractivity (Wildman–Crippen MR) is 55.6 cm³/mol. The minimum atomic E-state index is -1.76. The lowest BCUT2D eigenvalue weighted by Gasteiger charge is -2.28. The van der Waals surface area contributed by atoms with E-state index in [2.05, 4.69) is 6.92 Å². The molecule has 1 saturated carbocycles. The molecule has 0 heterocycles. The van der Waals surface area contributed by atoms with Crippen molar-refractivity contribution in [1.82, 2.24) is 0 Å². The van der Waals surface area contributed by atoms with Crippen LogP contribution in [0.4, 0.5) is 0 Å². The summed E-state index contributed by atoms with van der Waals surface area (Å²) in [5.74, 6) is -0.489. The molecule has 0 spiro atoms. The van der Waals surface area contributed by atoms with Crippen LogP contribution in [-0.4, -0.2) is 34.5 Å². The first-order chi connectivity index (χ1) is 6.92. The van der Waals surface area contributed by atoms with Gasteiger partial charge in [0.1, 0.15) is 0 Å². The van der Waals surface area contributed by atoms with Crippen molar-refractivity contribution >= 4 is 5.97 Å². The third-order valence-corrected chi connectivity index (χ3v) is 3.02. The molecule has 1 aliphatic carbocycles. The van der Waals surface area contributed by atoms with Gasteiger partial charge in [0.15, 0.2) is 5.60 Å². The number of rotatable bonds is 4. The maximum Gasteiger partial charge on any atom is 0.337 e. The molecule has 1 rings (SSSR count). The number of aliphatic carboxylic acids is 1. The molecule has 4 heteroatoms. The summed E-state index contributed by atoms with van der Waals surface area (Å²) in [4.78, 5) is 10.6. The fourth-order valence-corrected chi connectivity index (χ4v) is 1.74. The van der Waals surface area contributed by atoms with Gasteiger partial charge in [-0.15, -0.1) is 0 Å². The molecule has 1 aliphatic rings. The van der Waals surface area contributed by atoms with Gasteiger partial charge in [-0.05, 0) is 38.5 Å². The van der Waals surface area contributed by atoms with E-state index in [0.717, 1.165) is 31.6 Å². The first-order valence-electron chi connectivity index (χ1n) is 5.49. The van der Waals surface area contributed by atoms with Crippen LogP contribution in [0.25, 0.3) is 0 Å². The highest BCUT2D eigenvalue weighted by molar-refractivity contribution is 5.76. The number of aliphatic hydroxyl groups is 1. The van der Waals surface area contributed by atoms with Crippen molar-refractivity contribution in [1.29, 1.82) is 0 Å². The maximum atomic E-state index is 10.6. The summed E-state index contributed by atoms with van der Waals surface area (Å²) in [6.07, 6.45) is 4.31. The van der Waals surface area contributed by atoms with E-state index in [0.29, 0.717) is 0 Å². The van der Waals surface area contributed by atoms with Crippen LogP contribution < -0.4 is 0 Å². The van der Waals surface area contributed by atoms with Crippen LogP contribution in [0.3, 0.4) is 0 Å². The van der Waals surface area contributed by atoms with Crippen LogP contribution >= 0.6 is 0 Å². The third kappa shape index (κ3) is 3.80. The van der Waals surface area contributed by atoms with Crippen molar-refractivity contribution in [2.24, 2.45) is 5.92 Å². The molecule has 0 aromatic carbocycles. The van der Waals surface area contributed by atoms with Crippen LogP contribution in [0.2, 0.25) is 0 Å². The highest BCUT2D eigenvalue weighted by atomic mass is 16.5. The van der Waals surface area contributed by atoms with Gasteiger partial charge >= 0.3 is 5.97 Å². The molecule has 1 unspecified atom stereocenters. The van der Waals surface area contributed by atoms with Crippen LogP contribution in [0.5, 0.6) is 0 Å². The second kappa shape index (κ2) is 4.94. The fourth-order valence-electron chi connectivity index (χ4n) is 1.74. The zero-order valence-corrected chi connectivity index (χ0v) is 9.40. The van der Waals surface area contributed by atoms with Gasteiger partial charge in [0.2, 0.25) is 0 Å². The molecule has 0 saturated heterocycles. The summed E-state index contributed by atoms with van der Waals surface area (Å²) in [6.45, 7) is 3.35. The molecule has 0 amide bonds. The molecule has 0 aromatic heterocycles. The molecule has 15 heavy (non-hydrogen) atoms. The Kier molecular flexibility index (Phi) is 4.11. The highest BCUT2D eigenvalue weighted by Gasteiger charge is 2.31. The molecule has 4 nitrogen and oxygen atoms in total. The number of carboxylic acid groups (broad SMARTS) is 1. The van der Waals surface area contributed by atoms with Crippen molar-refractivity contribution in [2.75, 3.05) is 6.61 Å². The molecule has 1 atom stereocenters. The number of hydrogen-bond acceptors (Lipinski definition) is 3. The average molecular weight is 216 g/mol. The summed E-state index contributed by atoms with van der Waals surface area (Å²) < 4.78 is 5.43. The molecule has 0 aliphatic heterocycles. The minimum Gasteiger partial charge on any atom is -0.479 e. The Morgan fingerprint density at radius 3 is 2.40 bits per heavy atom. The van der Waals surface area contributed by atoms with Crippen molar-refractivity contribution in [2.45, 2.75) is 51.2 Å². The van der Waals surface area contributed by atoms with Crippen LogP contribution in [0.15, 0.2) is 0 Å². The molecule has 0 bridgehead atoms. The standard InChI is InChI=1S/C11H20O4/c1-8-3-5-9(6-4-8)15-7-11(2,14)10(12)13/h8-9,14H,3-7H2,1-2H3,(H,12,13). The van der Waals surface area contributed by atoms with Crippen LogP contribution in [0, 0.1) is 5.92 Å². The van der Waals surface area contributed by atoms with Gasteiger partial charge in [-0.3, -0.25) is 0 Å². The Morgan fingerprint density at radius 2 is 1.93 bits per heavy atom. The SMILES string of the molecule is CC1CCC(OCC(C)(O)C(=O)O)CC1. The monoisotopic (exact) mass is 216 g/mol. The Balaban J connectivity index is 2.28. The van der Waals surface area contributed by atoms with Gasteiger partial charge in [0.05, 0.1) is 12.7 Å². The summed E-state index contributed by atoms with van der Waals surface area (Å²) >= 11 is 0. The first-order valence-corrected chi connectivity index (χ1v) is 5.49. The Bertz CT molecular complexity index is 217. The van der Waals surface area contributed by atoms with Gasteiger partial charge in [-0.1, -0.05) is 6.92 Å². The third-order valence-electron chi connectivity index (χ3n) is 3.02. The molecule has 0 aromatic rings. The van der Waals surface area contributed by atoms with E-state index < -0.39 is 11.6 Å². The molecule has 0 radical (unpaired) electrons. The van der Waals surface area contributed by atoms with E-state index in [1.165, 1.54) is 6.92 Å². The molecule has 1 fully saturated rings. The molecular formula is C11H20O4. The lowest BCUT2D eigenvalue weighted by Crippen LogP contribution is -2.41. The van der Waals surface area contributed by atoms with E-state index in [4.69, 9.17) is 9.84 Å². The summed E-state index contributed by atoms with van der Waals surface area (Å²) in [6, 6.07) is 0. The van der Waals surface area contributed by atoms with Crippen molar-refractivity contribution in [3.63, 3.8) is 0 Å². The molecular weight excluding hydrogens is 196 g/mol. The molecule has 2 N–H and O–H groups in total. The van der Waals surface area contributed by atoms with Gasteiger partial charge in [-0.25, -0.2) is 4.79 Å². The Hall–Kier alpha value is -0.610. The second-order valence-corrected chi connectivity index (χ2v) is 4.77. The molecule has 88 valence electrons. The summed E-state index contributed by atoms with van der Waals surface area (Å²) in [5, 5.41) is 18.1. The first kappa shape index (κ1) is 12.5. The van der Waals surface area contributed by atoms with E-state index in [-0.39, 0.29) is 12.7 Å². The van der Waals surface area contributed by atoms with E-state index in [1.807, 2.05) is 0 Å². The van der Waals surface area contributed by atoms with Gasteiger partial charge in [0, 0.05) is 0 Å². The zero-order chi connectivity index (χ0) is 11.5. The van der Waals surface area contributed by atoms with Crippen LogP contribution in [-0.2, 0) is 9.53 Å². The number of carboxylic acids is 1. The zero-order valence-electron chi connectivity index (χ0n) is 9.40. The smallest absolute Gasteiger partial charge is 0.337 e. The Labute approximate surface area is 90.2 Å². The lowest BCUT2D eigenvalue weighted by atomic mass is 9.89. The average Bonchev–Trinajstić information content (AvgIpc) is 2.17. The summed E-state index contributed by atoms with van der Waals surface area (Å²) in [5.41, 5.74) is -1.76. The van der Waals surface area contributed by atoms with Crippen molar-refractivity contribution in [3.05, 3.63) is 0 Å². The van der Waals surface area contributed by atoms with Gasteiger partial charge in [0.25, 0.3) is 0 Å². The van der Waals surface area contributed by atoms with Gasteiger partial charge < -0.3 is 14.9 Å². The largest absolute Gasteiger partial charge is 0.479 e. The van der Waals surface area contributed by atoms with Gasteiger partial charge in [-0.2, -0.15) is 0 Å². The topological polar surface area (TPSA) is 66.8 Å². The normalized spacial score (nSPS) is 30.9. The van der Waals surface area contributed by atoms with Crippen LogP contribution in [0.1, 0.15) is 39.5 Å². The number of ether oxygens (including phenoxy) is 1. The lowest BCUT2D eigenvalue weighted by molar-refractivity contribution is -0.165. The fraction of sp³-hybridized carbons (Fsp3) is 0.909. The maximum absolute atomic E-state index is 10.6. The number of carbonyl (C=O) groups is 1. The second-order valence-electron chi connectivity index (χ2n) is 4.77. The number of hydrogen-bond donors (Lipinski definition) is 2. The minimum absolute atomic E-state index is 0.118. The highest BCUT2D eigenvalue weighted by Crippen LogP contribution is 2.26. The van der Waals surface area contributed by atoms with Crippen molar-refractivity contribution in [3.8, 4) is 0 Å². The van der Waals surface area contributed by atoms with E-state index >= 15 is 0 Å². The predicted octanol–water partition coefficient (Wildman–Crippen LogP) is 1.42. The van der Waals surface area contributed by atoms with E-state index in [1.54, 1.807) is 0 Å². The summed E-state index contributed by atoms with van der Waals surface area (Å²) in [7, 11) is 0. The Morgan fingerprint density at radius 1 is 1.40 bits per heavy atom.